The van der Waals surface area contributed by atoms with Gasteiger partial charge in [0.05, 0.1) is 0 Å². The molecule has 0 fully saturated rings. The summed E-state index contributed by atoms with van der Waals surface area (Å²) in [6, 6.07) is 5.51. The molecule has 0 bridgehead atoms. The van der Waals surface area contributed by atoms with Gasteiger partial charge in [-0.25, -0.2) is 0 Å². The highest BCUT2D eigenvalue weighted by atomic mass is 16.3. The number of hydrogen-bond acceptors (Lipinski definition) is 2. The highest BCUT2D eigenvalue weighted by Gasteiger charge is 2.04. The first-order valence-electron chi connectivity index (χ1n) is 9.81. The van der Waals surface area contributed by atoms with E-state index in [-0.39, 0.29) is 0 Å². The molecule has 134 valence electrons. The lowest BCUT2D eigenvalue weighted by Crippen LogP contribution is -2.18. The zero-order valence-corrected chi connectivity index (χ0v) is 15.2. The van der Waals surface area contributed by atoms with Gasteiger partial charge in [-0.15, -0.1) is 0 Å². The van der Waals surface area contributed by atoms with Gasteiger partial charge in [0.2, 0.25) is 0 Å². The van der Waals surface area contributed by atoms with Crippen molar-refractivity contribution in [3.05, 3.63) is 30.0 Å². The Hall–Kier alpha value is -1.48. The fraction of sp³-hybridized carbons (Fsp3) is 0.619. The number of phenolic OH excluding ortho intramolecular Hbond substituents is 1. The zero-order chi connectivity index (χ0) is 17.0. The number of rotatable bonds is 13. The standard InChI is InChI=1S/C21H34N2O/c1-2-3-4-5-6-7-8-9-10-14-22-15-13-18-17-23-21-12-11-19(24)16-20(18)21/h11-12,16-17,22-24H,2-10,13-15H2,1H3. The molecule has 3 heteroatoms. The maximum absolute atomic E-state index is 9.62. The maximum Gasteiger partial charge on any atom is 0.116 e. The summed E-state index contributed by atoms with van der Waals surface area (Å²) in [7, 11) is 0. The molecule has 24 heavy (non-hydrogen) atoms. The molecule has 2 aromatic rings. The Morgan fingerprint density at radius 2 is 1.62 bits per heavy atom. The molecule has 0 saturated heterocycles. The molecular weight excluding hydrogens is 296 g/mol. The van der Waals surface area contributed by atoms with Crippen molar-refractivity contribution >= 4 is 10.9 Å². The number of fused-ring (bicyclic) bond motifs is 1. The fourth-order valence-corrected chi connectivity index (χ4v) is 3.28. The van der Waals surface area contributed by atoms with Gasteiger partial charge < -0.3 is 15.4 Å². The molecule has 0 atom stereocenters. The van der Waals surface area contributed by atoms with E-state index in [1.54, 1.807) is 6.07 Å². The summed E-state index contributed by atoms with van der Waals surface area (Å²) < 4.78 is 0. The van der Waals surface area contributed by atoms with Crippen molar-refractivity contribution < 1.29 is 5.11 Å². The van der Waals surface area contributed by atoms with Gasteiger partial charge in [-0.1, -0.05) is 58.3 Å². The molecule has 1 aromatic carbocycles. The van der Waals surface area contributed by atoms with Crippen molar-refractivity contribution in [2.24, 2.45) is 0 Å². The van der Waals surface area contributed by atoms with Crippen LogP contribution >= 0.6 is 0 Å². The van der Waals surface area contributed by atoms with Crippen LogP contribution in [0.15, 0.2) is 24.4 Å². The van der Waals surface area contributed by atoms with E-state index in [9.17, 15) is 5.11 Å². The summed E-state index contributed by atoms with van der Waals surface area (Å²) in [5.74, 6) is 0.339. The van der Waals surface area contributed by atoms with Gasteiger partial charge in [0.1, 0.15) is 5.75 Å². The SMILES string of the molecule is CCCCCCCCCCCNCCc1c[nH]c2ccc(O)cc12. The third kappa shape index (κ3) is 6.56. The molecule has 0 radical (unpaired) electrons. The number of benzene rings is 1. The molecule has 3 N–H and O–H groups in total. The van der Waals surface area contributed by atoms with Crippen LogP contribution in [0, 0.1) is 0 Å². The minimum absolute atomic E-state index is 0.339. The zero-order valence-electron chi connectivity index (χ0n) is 15.2. The van der Waals surface area contributed by atoms with Crippen LogP contribution in [0.3, 0.4) is 0 Å². The van der Waals surface area contributed by atoms with E-state index in [1.165, 1.54) is 63.4 Å². The lowest BCUT2D eigenvalue weighted by atomic mass is 10.1. The smallest absolute Gasteiger partial charge is 0.116 e. The number of hydrogen-bond donors (Lipinski definition) is 3. The van der Waals surface area contributed by atoms with E-state index in [1.807, 2.05) is 12.1 Å². The average molecular weight is 331 g/mol. The Morgan fingerprint density at radius 3 is 2.38 bits per heavy atom. The molecule has 0 spiro atoms. The summed E-state index contributed by atoms with van der Waals surface area (Å²) >= 11 is 0. The summed E-state index contributed by atoms with van der Waals surface area (Å²) in [5.41, 5.74) is 2.38. The normalized spacial score (nSPS) is 11.4. The number of nitrogens with one attached hydrogen (secondary N) is 2. The van der Waals surface area contributed by atoms with Crippen LogP contribution < -0.4 is 5.32 Å². The van der Waals surface area contributed by atoms with Gasteiger partial charge in [-0.05, 0) is 49.7 Å². The van der Waals surface area contributed by atoms with E-state index >= 15 is 0 Å². The molecule has 0 aliphatic carbocycles. The average Bonchev–Trinajstić information content (AvgIpc) is 2.98. The van der Waals surface area contributed by atoms with Crippen molar-refractivity contribution in [3.8, 4) is 5.75 Å². The minimum atomic E-state index is 0.339. The van der Waals surface area contributed by atoms with Crippen LogP contribution in [0.2, 0.25) is 0 Å². The van der Waals surface area contributed by atoms with Gasteiger partial charge in [0.25, 0.3) is 0 Å². The van der Waals surface area contributed by atoms with Crippen LogP contribution in [-0.2, 0) is 6.42 Å². The summed E-state index contributed by atoms with van der Waals surface area (Å²) in [5, 5.41) is 14.3. The maximum atomic E-state index is 9.62. The Kier molecular flexibility index (Phi) is 8.75. The molecule has 0 aliphatic rings. The monoisotopic (exact) mass is 330 g/mol. The highest BCUT2D eigenvalue weighted by Crippen LogP contribution is 2.23. The lowest BCUT2D eigenvalue weighted by molar-refractivity contribution is 0.476. The largest absolute Gasteiger partial charge is 0.508 e. The van der Waals surface area contributed by atoms with Gasteiger partial charge in [-0.3, -0.25) is 0 Å². The van der Waals surface area contributed by atoms with E-state index < -0.39 is 0 Å². The second-order valence-electron chi connectivity index (χ2n) is 6.87. The highest BCUT2D eigenvalue weighted by molar-refractivity contribution is 5.84. The van der Waals surface area contributed by atoms with Crippen molar-refractivity contribution in [1.82, 2.24) is 10.3 Å². The van der Waals surface area contributed by atoms with Gasteiger partial charge in [0.15, 0.2) is 0 Å². The first-order chi connectivity index (χ1) is 11.8. The number of unbranched alkanes of at least 4 members (excludes halogenated alkanes) is 8. The van der Waals surface area contributed by atoms with Crippen LogP contribution in [-0.4, -0.2) is 23.2 Å². The van der Waals surface area contributed by atoms with Crippen molar-refractivity contribution in [1.29, 1.82) is 0 Å². The topological polar surface area (TPSA) is 48.0 Å². The molecule has 1 aromatic heterocycles. The number of aromatic amines is 1. The van der Waals surface area contributed by atoms with Crippen LogP contribution in [0.25, 0.3) is 10.9 Å². The second-order valence-corrected chi connectivity index (χ2v) is 6.87. The van der Waals surface area contributed by atoms with Gasteiger partial charge in [-0.2, -0.15) is 0 Å². The van der Waals surface area contributed by atoms with Crippen molar-refractivity contribution in [2.45, 2.75) is 71.1 Å². The summed E-state index contributed by atoms with van der Waals surface area (Å²) in [4.78, 5) is 3.27. The predicted octanol–water partition coefficient (Wildman–Crippen LogP) is 5.54. The second kappa shape index (κ2) is 11.1. The minimum Gasteiger partial charge on any atom is -0.508 e. The van der Waals surface area contributed by atoms with Crippen molar-refractivity contribution in [3.63, 3.8) is 0 Å². The molecule has 2 rings (SSSR count). The molecule has 3 nitrogen and oxygen atoms in total. The third-order valence-electron chi connectivity index (χ3n) is 4.78. The number of H-pyrrole nitrogens is 1. The molecule has 0 saturated carbocycles. The Balaban J connectivity index is 1.49. The van der Waals surface area contributed by atoms with Crippen LogP contribution in [0.1, 0.15) is 70.3 Å². The van der Waals surface area contributed by atoms with Gasteiger partial charge >= 0.3 is 0 Å². The van der Waals surface area contributed by atoms with Crippen LogP contribution in [0.5, 0.6) is 5.75 Å². The Bertz CT molecular complexity index is 576. The predicted molar refractivity (Wildman–Crippen MR) is 104 cm³/mol. The Morgan fingerprint density at radius 1 is 0.917 bits per heavy atom. The van der Waals surface area contributed by atoms with E-state index in [4.69, 9.17) is 0 Å². The van der Waals surface area contributed by atoms with Crippen LogP contribution in [0.4, 0.5) is 0 Å². The van der Waals surface area contributed by atoms with Gasteiger partial charge in [0, 0.05) is 17.1 Å². The molecule has 1 heterocycles. The first-order valence-corrected chi connectivity index (χ1v) is 9.81. The van der Waals surface area contributed by atoms with Crippen molar-refractivity contribution in [2.75, 3.05) is 13.1 Å². The number of aromatic nitrogens is 1. The Labute approximate surface area is 146 Å². The molecule has 0 unspecified atom stereocenters. The number of phenols is 1. The summed E-state index contributed by atoms with van der Waals surface area (Å²) in [6.07, 6.45) is 15.5. The van der Waals surface area contributed by atoms with E-state index in [0.717, 1.165) is 30.4 Å². The lowest BCUT2D eigenvalue weighted by Gasteiger charge is -2.05. The quantitative estimate of drug-likeness (QED) is 0.422. The van der Waals surface area contributed by atoms with E-state index in [0.29, 0.717) is 5.75 Å². The molecule has 0 amide bonds. The third-order valence-corrected chi connectivity index (χ3v) is 4.78. The van der Waals surface area contributed by atoms with E-state index in [2.05, 4.69) is 23.4 Å². The molecular formula is C21H34N2O. The fourth-order valence-electron chi connectivity index (χ4n) is 3.28. The number of aromatic hydroxyl groups is 1. The summed E-state index contributed by atoms with van der Waals surface area (Å²) in [6.45, 7) is 4.39. The molecule has 0 aliphatic heterocycles. The first kappa shape index (κ1) is 18.9.